The third-order valence-electron chi connectivity index (χ3n) is 5.40. The van der Waals surface area contributed by atoms with Crippen molar-refractivity contribution in [1.82, 2.24) is 19.3 Å². The molecule has 33 heavy (non-hydrogen) atoms. The van der Waals surface area contributed by atoms with Crippen molar-refractivity contribution in [2.75, 3.05) is 33.6 Å². The summed E-state index contributed by atoms with van der Waals surface area (Å²) in [7, 11) is -0.116. The Bertz CT molecular complexity index is 1400. The number of benzene rings is 2. The molecule has 9 nitrogen and oxygen atoms in total. The molecule has 0 atom stereocenters. The van der Waals surface area contributed by atoms with Gasteiger partial charge in [-0.3, -0.25) is 0 Å². The highest BCUT2D eigenvalue weighted by atomic mass is 32.2. The van der Waals surface area contributed by atoms with Crippen LogP contribution in [0.1, 0.15) is 12.0 Å². The molecule has 0 amide bonds. The topological polar surface area (TPSA) is 107 Å². The lowest BCUT2D eigenvalue weighted by atomic mass is 10.2. The molecule has 4 rings (SSSR count). The van der Waals surface area contributed by atoms with Gasteiger partial charge in [0.25, 0.3) is 0 Å². The van der Waals surface area contributed by atoms with Crippen molar-refractivity contribution in [3.63, 3.8) is 0 Å². The highest BCUT2D eigenvalue weighted by molar-refractivity contribution is 7.88. The zero-order valence-corrected chi connectivity index (χ0v) is 19.8. The Balaban J connectivity index is 1.55. The molecule has 0 bridgehead atoms. The molecular formula is C23H26N4O5S. The Hall–Kier alpha value is -3.37. The zero-order chi connectivity index (χ0) is 23.6. The van der Waals surface area contributed by atoms with Crippen LogP contribution in [0.25, 0.3) is 21.8 Å². The van der Waals surface area contributed by atoms with Gasteiger partial charge in [-0.25, -0.2) is 22.7 Å². The molecule has 0 aliphatic rings. The van der Waals surface area contributed by atoms with E-state index in [0.717, 1.165) is 16.5 Å². The largest absolute Gasteiger partial charge is 0.493 e. The number of H-pyrrole nitrogens is 1. The van der Waals surface area contributed by atoms with Gasteiger partial charge in [0, 0.05) is 36.8 Å². The second-order valence-electron chi connectivity index (χ2n) is 7.77. The average Bonchev–Trinajstić information content (AvgIpc) is 3.15. The van der Waals surface area contributed by atoms with Gasteiger partial charge in [0.2, 0.25) is 15.9 Å². The normalized spacial score (nSPS) is 11.9. The maximum atomic E-state index is 11.5. The van der Waals surface area contributed by atoms with Gasteiger partial charge in [0.05, 0.1) is 30.9 Å². The van der Waals surface area contributed by atoms with Crippen LogP contribution in [0.15, 0.2) is 42.9 Å². The van der Waals surface area contributed by atoms with Crippen LogP contribution < -0.4 is 14.2 Å². The van der Waals surface area contributed by atoms with E-state index in [1.165, 1.54) is 16.9 Å². The predicted octanol–water partition coefficient (Wildman–Crippen LogP) is 3.88. The van der Waals surface area contributed by atoms with Crippen molar-refractivity contribution in [2.24, 2.45) is 0 Å². The molecule has 0 unspecified atom stereocenters. The minimum absolute atomic E-state index is 0.326. The van der Waals surface area contributed by atoms with Crippen molar-refractivity contribution >= 4 is 31.8 Å². The second-order valence-corrected chi connectivity index (χ2v) is 9.86. The van der Waals surface area contributed by atoms with Crippen LogP contribution in [-0.2, 0) is 10.0 Å². The van der Waals surface area contributed by atoms with E-state index >= 15 is 0 Å². The number of nitrogens with one attached hydrogen (secondary N) is 1. The van der Waals surface area contributed by atoms with Crippen LogP contribution in [0.2, 0.25) is 0 Å². The van der Waals surface area contributed by atoms with Gasteiger partial charge in [0.15, 0.2) is 11.5 Å². The zero-order valence-electron chi connectivity index (χ0n) is 19.0. The van der Waals surface area contributed by atoms with Gasteiger partial charge in [-0.15, -0.1) is 0 Å². The highest BCUT2D eigenvalue weighted by Gasteiger charge is 2.15. The smallest absolute Gasteiger partial charge is 0.230 e. The van der Waals surface area contributed by atoms with E-state index in [4.69, 9.17) is 14.2 Å². The second kappa shape index (κ2) is 9.24. The highest BCUT2D eigenvalue weighted by Crippen LogP contribution is 2.36. The molecule has 2 aromatic heterocycles. The lowest BCUT2D eigenvalue weighted by Gasteiger charge is -2.15. The van der Waals surface area contributed by atoms with Crippen LogP contribution in [0, 0.1) is 6.92 Å². The number of nitrogens with zero attached hydrogens (tertiary/aromatic N) is 3. The molecule has 4 aromatic rings. The fourth-order valence-electron chi connectivity index (χ4n) is 3.44. The Labute approximate surface area is 192 Å². The molecule has 0 spiro atoms. The fraction of sp³-hybridized carbons (Fsp3) is 0.304. The third-order valence-corrected chi connectivity index (χ3v) is 6.71. The molecule has 0 aliphatic heterocycles. The van der Waals surface area contributed by atoms with E-state index < -0.39 is 10.0 Å². The monoisotopic (exact) mass is 470 g/mol. The van der Waals surface area contributed by atoms with Crippen LogP contribution in [-0.4, -0.2) is 61.2 Å². The number of hydrogen-bond acceptors (Lipinski definition) is 7. The molecule has 10 heteroatoms. The number of sulfonamides is 1. The lowest BCUT2D eigenvalue weighted by Crippen LogP contribution is -2.27. The standard InChI is InChI=1S/C23H26N4O5S/c1-15-13-24-19-7-6-16(10-17(15)19)32-23-18-11-21(30-3)22(12-20(18)25-14-26-23)31-9-5-8-27(2)33(4,28)29/h6-7,10-14,24H,5,8-9H2,1-4H3. The van der Waals surface area contributed by atoms with Crippen molar-refractivity contribution in [3.05, 3.63) is 48.4 Å². The van der Waals surface area contributed by atoms with Crippen molar-refractivity contribution in [3.8, 4) is 23.1 Å². The maximum absolute atomic E-state index is 11.5. The quantitative estimate of drug-likeness (QED) is 0.370. The number of fused-ring (bicyclic) bond motifs is 2. The van der Waals surface area contributed by atoms with E-state index in [2.05, 4.69) is 15.0 Å². The first-order valence-corrected chi connectivity index (χ1v) is 12.2. The van der Waals surface area contributed by atoms with E-state index in [1.54, 1.807) is 26.3 Å². The summed E-state index contributed by atoms with van der Waals surface area (Å²) in [6.45, 7) is 2.72. The first-order valence-electron chi connectivity index (χ1n) is 10.4. The molecule has 0 saturated carbocycles. The average molecular weight is 471 g/mol. The molecule has 0 aliphatic carbocycles. The first kappa shape index (κ1) is 22.8. The molecule has 0 fully saturated rings. The van der Waals surface area contributed by atoms with Gasteiger partial charge in [-0.2, -0.15) is 0 Å². The number of hydrogen-bond donors (Lipinski definition) is 1. The number of rotatable bonds is 9. The minimum atomic E-state index is -3.21. The van der Waals surface area contributed by atoms with Crippen LogP contribution >= 0.6 is 0 Å². The molecule has 2 aromatic carbocycles. The summed E-state index contributed by atoms with van der Waals surface area (Å²) in [5, 5.41) is 1.77. The third kappa shape index (κ3) is 5.01. The SMILES string of the molecule is COc1cc2c(Oc3ccc4[nH]cc(C)c4c3)ncnc2cc1OCCCN(C)S(C)(=O)=O. The lowest BCUT2D eigenvalue weighted by molar-refractivity contribution is 0.280. The van der Waals surface area contributed by atoms with Crippen LogP contribution in [0.5, 0.6) is 23.1 Å². The van der Waals surface area contributed by atoms with Crippen molar-refractivity contribution in [1.29, 1.82) is 0 Å². The van der Waals surface area contributed by atoms with Crippen molar-refractivity contribution < 1.29 is 22.6 Å². The fourth-order valence-corrected chi connectivity index (χ4v) is 3.90. The van der Waals surface area contributed by atoms with Gasteiger partial charge >= 0.3 is 0 Å². The number of aryl methyl sites for hydroxylation is 1. The number of aromatic nitrogens is 3. The van der Waals surface area contributed by atoms with E-state index in [1.807, 2.05) is 31.3 Å². The summed E-state index contributed by atoms with van der Waals surface area (Å²) in [5.41, 5.74) is 2.82. The number of methoxy groups -OCH3 is 1. The Kier molecular flexibility index (Phi) is 6.39. The minimum Gasteiger partial charge on any atom is -0.493 e. The molecular weight excluding hydrogens is 444 g/mol. The number of ether oxygens (including phenoxy) is 3. The summed E-state index contributed by atoms with van der Waals surface area (Å²) in [6.07, 6.45) is 5.11. The maximum Gasteiger partial charge on any atom is 0.230 e. The molecule has 1 N–H and O–H groups in total. The van der Waals surface area contributed by atoms with Crippen LogP contribution in [0.3, 0.4) is 0 Å². The summed E-state index contributed by atoms with van der Waals surface area (Å²) in [5.74, 6) is 2.10. The Morgan fingerprint density at radius 3 is 2.67 bits per heavy atom. The molecule has 0 saturated heterocycles. The predicted molar refractivity (Wildman–Crippen MR) is 127 cm³/mol. The van der Waals surface area contributed by atoms with E-state index in [9.17, 15) is 8.42 Å². The van der Waals surface area contributed by atoms with Gasteiger partial charge in [-0.05, 0) is 43.2 Å². The van der Waals surface area contributed by atoms with Gasteiger partial charge < -0.3 is 19.2 Å². The summed E-state index contributed by atoms with van der Waals surface area (Å²) >= 11 is 0. The van der Waals surface area contributed by atoms with E-state index in [0.29, 0.717) is 53.6 Å². The van der Waals surface area contributed by atoms with Crippen molar-refractivity contribution in [2.45, 2.75) is 13.3 Å². The molecule has 174 valence electrons. The summed E-state index contributed by atoms with van der Waals surface area (Å²) in [4.78, 5) is 11.9. The summed E-state index contributed by atoms with van der Waals surface area (Å²) < 4.78 is 41.8. The Morgan fingerprint density at radius 1 is 1.09 bits per heavy atom. The van der Waals surface area contributed by atoms with Gasteiger partial charge in [-0.1, -0.05) is 0 Å². The Morgan fingerprint density at radius 2 is 1.91 bits per heavy atom. The van der Waals surface area contributed by atoms with Crippen LogP contribution in [0.4, 0.5) is 0 Å². The number of aromatic amines is 1. The molecule has 2 heterocycles. The van der Waals surface area contributed by atoms with Gasteiger partial charge in [0.1, 0.15) is 12.1 Å². The first-order chi connectivity index (χ1) is 15.8. The molecule has 0 radical (unpaired) electrons. The van der Waals surface area contributed by atoms with E-state index in [-0.39, 0.29) is 0 Å². The summed E-state index contributed by atoms with van der Waals surface area (Å²) in [6, 6.07) is 9.37.